The second-order valence-corrected chi connectivity index (χ2v) is 8.93. The quantitative estimate of drug-likeness (QED) is 0.674. The summed E-state index contributed by atoms with van der Waals surface area (Å²) in [6, 6.07) is 8.43. The lowest BCUT2D eigenvalue weighted by molar-refractivity contribution is -0.117. The Kier molecular flexibility index (Phi) is 6.54. The van der Waals surface area contributed by atoms with Crippen LogP contribution in [-0.4, -0.2) is 49.8 Å². The van der Waals surface area contributed by atoms with Gasteiger partial charge in [-0.2, -0.15) is 0 Å². The number of hydrogen-bond acceptors (Lipinski definition) is 7. The molecule has 0 unspecified atom stereocenters. The van der Waals surface area contributed by atoms with Crippen LogP contribution in [0, 0.1) is 0 Å². The Bertz CT molecular complexity index is 1190. The van der Waals surface area contributed by atoms with Gasteiger partial charge in [-0.05, 0) is 36.3 Å². The van der Waals surface area contributed by atoms with Crippen LogP contribution < -0.4 is 28.6 Å². The highest BCUT2D eigenvalue weighted by Gasteiger charge is 2.38. The van der Waals surface area contributed by atoms with Crippen molar-refractivity contribution in [3.63, 3.8) is 0 Å². The fourth-order valence-corrected chi connectivity index (χ4v) is 5.04. The van der Waals surface area contributed by atoms with E-state index in [0.717, 1.165) is 9.87 Å². The van der Waals surface area contributed by atoms with E-state index >= 15 is 0 Å². The van der Waals surface area contributed by atoms with Gasteiger partial charge in [-0.3, -0.25) is 9.10 Å². The summed E-state index contributed by atoms with van der Waals surface area (Å²) in [4.78, 5) is 12.7. The highest BCUT2D eigenvalue weighted by Crippen LogP contribution is 2.44. The van der Waals surface area contributed by atoms with Crippen molar-refractivity contribution in [2.24, 2.45) is 0 Å². The number of fused-ring (bicyclic) bond motifs is 1. The second kappa shape index (κ2) is 8.99. The molecule has 10 heteroatoms. The number of amides is 1. The zero-order valence-electron chi connectivity index (χ0n) is 18.8. The summed E-state index contributed by atoms with van der Waals surface area (Å²) >= 11 is 0. The third kappa shape index (κ3) is 3.93. The normalized spacial score (nSPS) is 14.5. The molecule has 0 atom stereocenters. The standard InChI is InChI=1S/C22H26N2O7S/c1-13-15-10-19(30-5)20(31-6)11-16(15)24(2)32(26,27)21(13)22(25)23-12-14-7-8-17(28-3)18(9-14)29-4/h7-11H,12H2,1-6H3,(H,23,25). The van der Waals surface area contributed by atoms with Crippen molar-refractivity contribution in [2.75, 3.05) is 39.8 Å². The third-order valence-electron chi connectivity index (χ3n) is 5.31. The second-order valence-electron chi connectivity index (χ2n) is 7.02. The summed E-state index contributed by atoms with van der Waals surface area (Å²) in [6.45, 7) is 1.70. The first-order valence-electron chi connectivity index (χ1n) is 9.64. The zero-order chi connectivity index (χ0) is 23.6. The van der Waals surface area contributed by atoms with Gasteiger partial charge in [0.1, 0.15) is 0 Å². The Hall–Kier alpha value is -3.40. The molecule has 1 aliphatic rings. The summed E-state index contributed by atoms with van der Waals surface area (Å²) in [7, 11) is 3.32. The van der Waals surface area contributed by atoms with Gasteiger partial charge in [0.25, 0.3) is 15.9 Å². The molecule has 9 nitrogen and oxygen atoms in total. The van der Waals surface area contributed by atoms with Gasteiger partial charge in [0.05, 0.1) is 34.1 Å². The van der Waals surface area contributed by atoms with Gasteiger partial charge >= 0.3 is 0 Å². The molecule has 0 saturated heterocycles. The molecule has 0 radical (unpaired) electrons. The van der Waals surface area contributed by atoms with E-state index in [1.165, 1.54) is 35.5 Å². The van der Waals surface area contributed by atoms with E-state index in [2.05, 4.69) is 5.32 Å². The summed E-state index contributed by atoms with van der Waals surface area (Å²) in [6.07, 6.45) is 0. The zero-order valence-corrected chi connectivity index (χ0v) is 19.6. The monoisotopic (exact) mass is 462 g/mol. The van der Waals surface area contributed by atoms with Gasteiger partial charge in [0.15, 0.2) is 27.9 Å². The smallest absolute Gasteiger partial charge is 0.269 e. The highest BCUT2D eigenvalue weighted by molar-refractivity contribution is 7.97. The Morgan fingerprint density at radius 2 is 1.47 bits per heavy atom. The molecule has 0 aromatic heterocycles. The number of anilines is 1. The summed E-state index contributed by atoms with van der Waals surface area (Å²) in [5, 5.41) is 2.69. The van der Waals surface area contributed by atoms with Gasteiger partial charge in [0.2, 0.25) is 0 Å². The van der Waals surface area contributed by atoms with Crippen molar-refractivity contribution in [1.82, 2.24) is 5.32 Å². The molecule has 0 aliphatic carbocycles. The molecule has 3 rings (SSSR count). The average molecular weight is 463 g/mol. The van der Waals surface area contributed by atoms with Crippen molar-refractivity contribution >= 4 is 27.2 Å². The maximum atomic E-state index is 13.2. The van der Waals surface area contributed by atoms with E-state index in [-0.39, 0.29) is 11.4 Å². The Morgan fingerprint density at radius 1 is 0.906 bits per heavy atom. The number of benzene rings is 2. The van der Waals surface area contributed by atoms with Crippen LogP contribution >= 0.6 is 0 Å². The fraction of sp³-hybridized carbons (Fsp3) is 0.318. The minimum atomic E-state index is -4.08. The first-order chi connectivity index (χ1) is 15.2. The number of ether oxygens (including phenoxy) is 4. The number of carbonyl (C=O) groups is 1. The molecule has 0 saturated carbocycles. The van der Waals surface area contributed by atoms with Gasteiger partial charge in [-0.25, -0.2) is 8.42 Å². The van der Waals surface area contributed by atoms with Crippen LogP contribution in [-0.2, 0) is 21.4 Å². The minimum Gasteiger partial charge on any atom is -0.493 e. The lowest BCUT2D eigenvalue weighted by Gasteiger charge is -2.30. The Balaban J connectivity index is 1.98. The molecule has 0 bridgehead atoms. The van der Waals surface area contributed by atoms with Crippen LogP contribution in [0.1, 0.15) is 18.1 Å². The summed E-state index contributed by atoms with van der Waals surface area (Å²) in [5.74, 6) is 1.18. The highest BCUT2D eigenvalue weighted by atomic mass is 32.2. The predicted octanol–water partition coefficient (Wildman–Crippen LogP) is 2.55. The van der Waals surface area contributed by atoms with Crippen molar-refractivity contribution in [1.29, 1.82) is 0 Å². The molecular weight excluding hydrogens is 436 g/mol. The largest absolute Gasteiger partial charge is 0.493 e. The first-order valence-corrected chi connectivity index (χ1v) is 11.1. The van der Waals surface area contributed by atoms with Crippen LogP contribution in [0.4, 0.5) is 5.69 Å². The van der Waals surface area contributed by atoms with E-state index in [4.69, 9.17) is 18.9 Å². The van der Waals surface area contributed by atoms with E-state index in [9.17, 15) is 13.2 Å². The maximum absolute atomic E-state index is 13.2. The molecule has 1 amide bonds. The Labute approximate surface area is 187 Å². The number of nitrogens with one attached hydrogen (secondary N) is 1. The molecule has 172 valence electrons. The van der Waals surface area contributed by atoms with Crippen LogP contribution in [0.3, 0.4) is 0 Å². The molecule has 32 heavy (non-hydrogen) atoms. The minimum absolute atomic E-state index is 0.105. The van der Waals surface area contributed by atoms with Crippen molar-refractivity contribution in [3.05, 3.63) is 46.4 Å². The van der Waals surface area contributed by atoms with E-state index in [1.807, 2.05) is 0 Å². The predicted molar refractivity (Wildman–Crippen MR) is 121 cm³/mol. The van der Waals surface area contributed by atoms with Gasteiger partial charge < -0.3 is 24.3 Å². The molecule has 1 aliphatic heterocycles. The first kappa shape index (κ1) is 23.3. The Morgan fingerprint density at radius 3 is 2.06 bits per heavy atom. The number of nitrogens with zero attached hydrogens (tertiary/aromatic N) is 1. The van der Waals surface area contributed by atoms with Crippen molar-refractivity contribution in [2.45, 2.75) is 13.5 Å². The molecule has 1 heterocycles. The van der Waals surface area contributed by atoms with Crippen LogP contribution in [0.2, 0.25) is 0 Å². The molecular formula is C22H26N2O7S. The molecule has 1 N–H and O–H groups in total. The van der Waals surface area contributed by atoms with E-state index in [0.29, 0.717) is 39.8 Å². The van der Waals surface area contributed by atoms with Gasteiger partial charge in [-0.1, -0.05) is 6.07 Å². The third-order valence-corrected chi connectivity index (χ3v) is 7.24. The fourth-order valence-electron chi connectivity index (χ4n) is 3.55. The van der Waals surface area contributed by atoms with Crippen LogP contribution in [0.25, 0.3) is 5.57 Å². The van der Waals surface area contributed by atoms with Gasteiger partial charge in [-0.15, -0.1) is 0 Å². The SMILES string of the molecule is COc1ccc(CNC(=O)C2=C(C)c3cc(OC)c(OC)cc3N(C)S2(=O)=O)cc1OC. The number of hydrogen-bond donors (Lipinski definition) is 1. The summed E-state index contributed by atoms with van der Waals surface area (Å²) in [5.41, 5.74) is 2.01. The topological polar surface area (TPSA) is 103 Å². The lowest BCUT2D eigenvalue weighted by atomic mass is 10.0. The van der Waals surface area contributed by atoms with Gasteiger partial charge in [0, 0.05) is 25.2 Å². The maximum Gasteiger partial charge on any atom is 0.269 e. The molecule has 0 spiro atoms. The average Bonchev–Trinajstić information content (AvgIpc) is 2.80. The van der Waals surface area contributed by atoms with E-state index in [1.54, 1.807) is 37.3 Å². The number of methoxy groups -OCH3 is 4. The molecule has 0 fully saturated rings. The van der Waals surface area contributed by atoms with Crippen molar-refractivity contribution < 1.29 is 32.2 Å². The number of sulfonamides is 1. The number of rotatable bonds is 7. The van der Waals surface area contributed by atoms with Crippen LogP contribution in [0.15, 0.2) is 35.2 Å². The summed E-state index contributed by atoms with van der Waals surface area (Å²) < 4.78 is 48.5. The molecule has 2 aromatic rings. The lowest BCUT2D eigenvalue weighted by Crippen LogP contribution is -2.38. The molecule has 2 aromatic carbocycles. The van der Waals surface area contributed by atoms with Crippen LogP contribution in [0.5, 0.6) is 23.0 Å². The van der Waals surface area contributed by atoms with E-state index < -0.39 is 15.9 Å². The number of allylic oxidation sites excluding steroid dienone is 1. The van der Waals surface area contributed by atoms with Crippen molar-refractivity contribution in [3.8, 4) is 23.0 Å². The number of carbonyl (C=O) groups excluding carboxylic acids is 1.